The monoisotopic (exact) mass is 429 g/mol. The molecule has 0 saturated heterocycles. The molecule has 1 amide bonds. The van der Waals surface area contributed by atoms with Crippen molar-refractivity contribution in [1.82, 2.24) is 19.6 Å². The molecule has 9 nitrogen and oxygen atoms in total. The predicted molar refractivity (Wildman–Crippen MR) is 115 cm³/mol. The highest BCUT2D eigenvalue weighted by molar-refractivity contribution is 5.96. The number of hydrogen-bond acceptors (Lipinski definition) is 7. The van der Waals surface area contributed by atoms with Gasteiger partial charge in [0.25, 0.3) is 0 Å². The number of nitrogens with zero attached hydrogens (tertiary/aromatic N) is 4. The van der Waals surface area contributed by atoms with E-state index in [2.05, 4.69) is 20.4 Å². The Labute approximate surface area is 183 Å². The number of pyridine rings is 2. The van der Waals surface area contributed by atoms with Crippen LogP contribution < -0.4 is 10.1 Å². The van der Waals surface area contributed by atoms with Gasteiger partial charge in [-0.25, -0.2) is 14.3 Å². The fourth-order valence-corrected chi connectivity index (χ4v) is 3.67. The van der Waals surface area contributed by atoms with Crippen molar-refractivity contribution in [1.29, 1.82) is 0 Å². The van der Waals surface area contributed by atoms with Gasteiger partial charge >= 0.3 is 5.97 Å². The van der Waals surface area contributed by atoms with Crippen molar-refractivity contribution >= 4 is 23.5 Å². The molecule has 0 bridgehead atoms. The van der Waals surface area contributed by atoms with Gasteiger partial charge < -0.3 is 9.47 Å². The molecule has 1 atom stereocenters. The fraction of sp³-hybridized carbons (Fsp3) is 0.174. The lowest BCUT2D eigenvalue weighted by atomic mass is 10.0. The molecular weight excluding hydrogens is 410 g/mol. The summed E-state index contributed by atoms with van der Waals surface area (Å²) in [7, 11) is 0. The number of anilines is 1. The minimum absolute atomic E-state index is 0.0169. The summed E-state index contributed by atoms with van der Waals surface area (Å²) >= 11 is 0. The van der Waals surface area contributed by atoms with Crippen molar-refractivity contribution in [3.05, 3.63) is 72.1 Å². The van der Waals surface area contributed by atoms with Crippen molar-refractivity contribution in [3.63, 3.8) is 0 Å². The number of nitrogens with one attached hydrogen (secondary N) is 1. The van der Waals surface area contributed by atoms with E-state index in [1.165, 1.54) is 0 Å². The number of benzene rings is 1. The summed E-state index contributed by atoms with van der Waals surface area (Å²) in [5, 5.41) is 7.04. The molecule has 32 heavy (non-hydrogen) atoms. The van der Waals surface area contributed by atoms with Crippen LogP contribution in [0.1, 0.15) is 35.4 Å². The standard InChI is InChI=1S/C23H19N5O4/c1-2-31-21-15(8-5-11-24-21)14-9-10-19-25-23(27-28(19)13-14)26-20(29)12-18-16-6-3-4-7-17(16)22(30)32-18/h3-11,13,18H,2,12H2,1H3,(H,26,27,29)/t18-/m0/s1. The van der Waals surface area contributed by atoms with E-state index in [1.54, 1.807) is 41.2 Å². The minimum atomic E-state index is -0.620. The number of hydrogen-bond donors (Lipinski definition) is 1. The smallest absolute Gasteiger partial charge is 0.339 e. The summed E-state index contributed by atoms with van der Waals surface area (Å²) in [6.45, 7) is 2.41. The van der Waals surface area contributed by atoms with Crippen LogP contribution in [0.3, 0.4) is 0 Å². The number of carbonyl (C=O) groups is 2. The maximum atomic E-state index is 12.6. The molecule has 0 fully saturated rings. The van der Waals surface area contributed by atoms with Gasteiger partial charge in [0.15, 0.2) is 5.65 Å². The molecule has 4 heterocycles. The number of amides is 1. The van der Waals surface area contributed by atoms with E-state index < -0.39 is 12.1 Å². The molecule has 5 rings (SSSR count). The first-order chi connectivity index (χ1) is 15.6. The van der Waals surface area contributed by atoms with E-state index in [0.717, 1.165) is 11.1 Å². The Bertz CT molecular complexity index is 1330. The number of carbonyl (C=O) groups excluding carboxylic acids is 2. The van der Waals surface area contributed by atoms with E-state index in [1.807, 2.05) is 31.2 Å². The lowest BCUT2D eigenvalue weighted by molar-refractivity contribution is -0.118. The second-order valence-electron chi connectivity index (χ2n) is 7.18. The average molecular weight is 429 g/mol. The molecular formula is C23H19N5O4. The van der Waals surface area contributed by atoms with E-state index in [4.69, 9.17) is 9.47 Å². The van der Waals surface area contributed by atoms with Crippen LogP contribution in [0.15, 0.2) is 60.9 Å². The normalized spacial score (nSPS) is 14.8. The number of ether oxygens (including phenoxy) is 2. The summed E-state index contributed by atoms with van der Waals surface area (Å²) in [6.07, 6.45) is 2.84. The van der Waals surface area contributed by atoms with E-state index in [-0.39, 0.29) is 18.3 Å². The van der Waals surface area contributed by atoms with Crippen molar-refractivity contribution in [3.8, 4) is 17.0 Å². The van der Waals surface area contributed by atoms with E-state index >= 15 is 0 Å². The van der Waals surface area contributed by atoms with Crippen molar-refractivity contribution < 1.29 is 19.1 Å². The molecule has 0 radical (unpaired) electrons. The number of rotatable bonds is 6. The molecule has 4 aromatic rings. The van der Waals surface area contributed by atoms with Crippen LogP contribution in [-0.4, -0.2) is 38.1 Å². The van der Waals surface area contributed by atoms with Crippen LogP contribution in [-0.2, 0) is 9.53 Å². The zero-order chi connectivity index (χ0) is 22.1. The summed E-state index contributed by atoms with van der Waals surface area (Å²) in [5.74, 6) is -0.0597. The first-order valence-corrected chi connectivity index (χ1v) is 10.2. The molecule has 0 aliphatic carbocycles. The molecule has 160 valence electrons. The quantitative estimate of drug-likeness (QED) is 0.468. The predicted octanol–water partition coefficient (Wildman–Crippen LogP) is 3.43. The number of aromatic nitrogens is 4. The summed E-state index contributed by atoms with van der Waals surface area (Å²) in [6, 6.07) is 14.5. The molecule has 1 aliphatic heterocycles. The molecule has 1 N–H and O–H groups in total. The Balaban J connectivity index is 1.34. The number of esters is 1. The van der Waals surface area contributed by atoms with Gasteiger partial charge in [-0.1, -0.05) is 18.2 Å². The summed E-state index contributed by atoms with van der Waals surface area (Å²) in [5.41, 5.74) is 3.46. The van der Waals surface area contributed by atoms with Crippen LogP contribution in [0.2, 0.25) is 0 Å². The Morgan fingerprint density at radius 1 is 1.16 bits per heavy atom. The fourth-order valence-electron chi connectivity index (χ4n) is 3.67. The molecule has 1 aliphatic rings. The lowest BCUT2D eigenvalue weighted by Gasteiger charge is -2.09. The first kappa shape index (κ1) is 19.7. The summed E-state index contributed by atoms with van der Waals surface area (Å²) < 4.78 is 12.5. The van der Waals surface area contributed by atoms with Gasteiger partial charge in [0, 0.05) is 29.1 Å². The molecule has 3 aromatic heterocycles. The Hall–Kier alpha value is -4.27. The maximum Gasteiger partial charge on any atom is 0.339 e. The van der Waals surface area contributed by atoms with Gasteiger partial charge in [-0.2, -0.15) is 4.98 Å². The third-order valence-corrected chi connectivity index (χ3v) is 5.09. The second kappa shape index (κ2) is 8.10. The zero-order valence-corrected chi connectivity index (χ0v) is 17.2. The van der Waals surface area contributed by atoms with Gasteiger partial charge in [-0.15, -0.1) is 5.10 Å². The Kier molecular flexibility index (Phi) is 4.98. The number of cyclic esters (lactones) is 1. The van der Waals surface area contributed by atoms with Crippen LogP contribution in [0.25, 0.3) is 16.8 Å². The molecule has 1 aromatic carbocycles. The van der Waals surface area contributed by atoms with Gasteiger partial charge in [-0.05, 0) is 37.3 Å². The third kappa shape index (κ3) is 3.64. The largest absolute Gasteiger partial charge is 0.478 e. The molecule has 0 spiro atoms. The van der Waals surface area contributed by atoms with E-state index in [9.17, 15) is 9.59 Å². The highest BCUT2D eigenvalue weighted by atomic mass is 16.5. The topological polar surface area (TPSA) is 108 Å². The second-order valence-corrected chi connectivity index (χ2v) is 7.18. The summed E-state index contributed by atoms with van der Waals surface area (Å²) in [4.78, 5) is 33.1. The van der Waals surface area contributed by atoms with Crippen LogP contribution in [0.5, 0.6) is 5.88 Å². The van der Waals surface area contributed by atoms with E-state index in [0.29, 0.717) is 29.3 Å². The van der Waals surface area contributed by atoms with Crippen LogP contribution >= 0.6 is 0 Å². The minimum Gasteiger partial charge on any atom is -0.478 e. The van der Waals surface area contributed by atoms with Gasteiger partial charge in [0.2, 0.25) is 17.7 Å². The lowest BCUT2D eigenvalue weighted by Crippen LogP contribution is -2.16. The maximum absolute atomic E-state index is 12.6. The first-order valence-electron chi connectivity index (χ1n) is 10.2. The SMILES string of the molecule is CCOc1ncccc1-c1ccc2nc(NC(=O)C[C@@H]3OC(=O)c4ccccc43)nn2c1. The highest BCUT2D eigenvalue weighted by Crippen LogP contribution is 2.33. The van der Waals surface area contributed by atoms with Crippen molar-refractivity contribution in [2.75, 3.05) is 11.9 Å². The average Bonchev–Trinajstić information content (AvgIpc) is 3.34. The molecule has 0 saturated carbocycles. The number of fused-ring (bicyclic) bond motifs is 2. The Morgan fingerprint density at radius 3 is 2.88 bits per heavy atom. The van der Waals surface area contributed by atoms with Gasteiger partial charge in [-0.3, -0.25) is 10.1 Å². The van der Waals surface area contributed by atoms with Crippen LogP contribution in [0.4, 0.5) is 5.95 Å². The van der Waals surface area contributed by atoms with Crippen molar-refractivity contribution in [2.24, 2.45) is 0 Å². The molecule has 9 heteroatoms. The highest BCUT2D eigenvalue weighted by Gasteiger charge is 2.32. The van der Waals surface area contributed by atoms with Gasteiger partial charge in [0.05, 0.1) is 18.6 Å². The van der Waals surface area contributed by atoms with Crippen LogP contribution in [0, 0.1) is 0 Å². The van der Waals surface area contributed by atoms with Crippen molar-refractivity contribution in [2.45, 2.75) is 19.4 Å². The van der Waals surface area contributed by atoms with Gasteiger partial charge in [0.1, 0.15) is 6.10 Å². The molecule has 0 unspecified atom stereocenters. The Morgan fingerprint density at radius 2 is 2.00 bits per heavy atom. The zero-order valence-electron chi connectivity index (χ0n) is 17.2. The third-order valence-electron chi connectivity index (χ3n) is 5.09.